The topological polar surface area (TPSA) is 53.7 Å². The standard InChI is InChI=1S/C12H19NO3/c1-4-6-12(14)13(15)9(3)11-8-7-10(5-2)16-11/h7-9,15H,4-6H2,1-3H3. The molecule has 0 aliphatic rings. The van der Waals surface area contributed by atoms with Gasteiger partial charge in [0.15, 0.2) is 0 Å². The summed E-state index contributed by atoms with van der Waals surface area (Å²) in [6.45, 7) is 5.64. The van der Waals surface area contributed by atoms with Gasteiger partial charge in [0.1, 0.15) is 17.6 Å². The fourth-order valence-corrected chi connectivity index (χ4v) is 1.47. The summed E-state index contributed by atoms with van der Waals surface area (Å²) in [7, 11) is 0. The molecule has 0 spiro atoms. The van der Waals surface area contributed by atoms with E-state index in [4.69, 9.17) is 4.42 Å². The highest BCUT2D eigenvalue weighted by molar-refractivity contribution is 5.75. The summed E-state index contributed by atoms with van der Waals surface area (Å²) in [5.74, 6) is 1.20. The molecule has 0 radical (unpaired) electrons. The minimum atomic E-state index is -0.431. The predicted molar refractivity (Wildman–Crippen MR) is 60.0 cm³/mol. The normalized spacial score (nSPS) is 12.5. The molecule has 0 aromatic carbocycles. The number of furan rings is 1. The average molecular weight is 225 g/mol. The van der Waals surface area contributed by atoms with Gasteiger partial charge in [-0.25, -0.2) is 5.06 Å². The Labute approximate surface area is 95.8 Å². The quantitative estimate of drug-likeness (QED) is 0.619. The number of hydroxylamine groups is 2. The molecule has 4 nitrogen and oxygen atoms in total. The van der Waals surface area contributed by atoms with Crippen LogP contribution < -0.4 is 0 Å². The largest absolute Gasteiger partial charge is 0.464 e. The van der Waals surface area contributed by atoms with Crippen LogP contribution in [-0.2, 0) is 11.2 Å². The van der Waals surface area contributed by atoms with Gasteiger partial charge in [0.25, 0.3) is 0 Å². The smallest absolute Gasteiger partial charge is 0.246 e. The van der Waals surface area contributed by atoms with Gasteiger partial charge in [-0.2, -0.15) is 0 Å². The summed E-state index contributed by atoms with van der Waals surface area (Å²) in [6, 6.07) is 3.23. The molecule has 0 aliphatic heterocycles. The van der Waals surface area contributed by atoms with Crippen molar-refractivity contribution in [1.82, 2.24) is 5.06 Å². The lowest BCUT2D eigenvalue weighted by atomic mass is 10.2. The van der Waals surface area contributed by atoms with Crippen molar-refractivity contribution in [3.05, 3.63) is 23.7 Å². The Balaban J connectivity index is 2.69. The lowest BCUT2D eigenvalue weighted by Gasteiger charge is -2.20. The van der Waals surface area contributed by atoms with Gasteiger partial charge in [0.05, 0.1) is 0 Å². The van der Waals surface area contributed by atoms with Crippen molar-refractivity contribution < 1.29 is 14.4 Å². The maximum Gasteiger partial charge on any atom is 0.246 e. The molecule has 1 aromatic rings. The van der Waals surface area contributed by atoms with Crippen molar-refractivity contribution in [1.29, 1.82) is 0 Å². The molecule has 0 aliphatic carbocycles. The molecular formula is C12H19NO3. The van der Waals surface area contributed by atoms with E-state index in [-0.39, 0.29) is 5.91 Å². The zero-order chi connectivity index (χ0) is 12.1. The van der Waals surface area contributed by atoms with Crippen molar-refractivity contribution in [2.24, 2.45) is 0 Å². The van der Waals surface area contributed by atoms with E-state index in [1.807, 2.05) is 19.9 Å². The van der Waals surface area contributed by atoms with Gasteiger partial charge in [-0.3, -0.25) is 10.0 Å². The van der Waals surface area contributed by atoms with Gasteiger partial charge in [-0.05, 0) is 25.5 Å². The number of rotatable bonds is 5. The first-order chi connectivity index (χ1) is 7.60. The van der Waals surface area contributed by atoms with Crippen LogP contribution in [0.1, 0.15) is 51.2 Å². The molecule has 0 bridgehead atoms. The van der Waals surface area contributed by atoms with Crippen molar-refractivity contribution in [2.75, 3.05) is 0 Å². The molecule has 1 unspecified atom stereocenters. The molecule has 90 valence electrons. The monoisotopic (exact) mass is 225 g/mol. The van der Waals surface area contributed by atoms with Crippen LogP contribution in [0.3, 0.4) is 0 Å². The van der Waals surface area contributed by atoms with Gasteiger partial charge in [-0.15, -0.1) is 0 Å². The lowest BCUT2D eigenvalue weighted by molar-refractivity contribution is -0.176. The predicted octanol–water partition coefficient (Wildman–Crippen LogP) is 2.92. The molecule has 1 aromatic heterocycles. The Kier molecular flexibility index (Phi) is 4.55. The first-order valence-electron chi connectivity index (χ1n) is 5.69. The summed E-state index contributed by atoms with van der Waals surface area (Å²) in [4.78, 5) is 11.5. The van der Waals surface area contributed by atoms with Crippen LogP contribution in [-0.4, -0.2) is 16.2 Å². The van der Waals surface area contributed by atoms with E-state index in [1.54, 1.807) is 13.0 Å². The zero-order valence-corrected chi connectivity index (χ0v) is 10.1. The highest BCUT2D eigenvalue weighted by Gasteiger charge is 2.21. The number of aryl methyl sites for hydroxylation is 1. The molecule has 1 heterocycles. The van der Waals surface area contributed by atoms with Gasteiger partial charge < -0.3 is 4.42 Å². The van der Waals surface area contributed by atoms with E-state index in [2.05, 4.69) is 0 Å². The van der Waals surface area contributed by atoms with E-state index >= 15 is 0 Å². The molecular weight excluding hydrogens is 206 g/mol. The first-order valence-corrected chi connectivity index (χ1v) is 5.69. The Bertz CT molecular complexity index is 346. The highest BCUT2D eigenvalue weighted by Crippen LogP contribution is 2.22. The molecule has 1 N–H and O–H groups in total. The number of hydrogen-bond acceptors (Lipinski definition) is 3. The molecule has 0 fully saturated rings. The van der Waals surface area contributed by atoms with Crippen molar-refractivity contribution in [2.45, 2.75) is 46.1 Å². The molecule has 4 heteroatoms. The Morgan fingerprint density at radius 2 is 2.19 bits per heavy atom. The molecule has 1 rings (SSSR count). The van der Waals surface area contributed by atoms with Crippen molar-refractivity contribution >= 4 is 5.91 Å². The van der Waals surface area contributed by atoms with Crippen molar-refractivity contribution in [3.63, 3.8) is 0 Å². The maximum atomic E-state index is 11.5. The van der Waals surface area contributed by atoms with Crippen LogP contribution in [0, 0.1) is 0 Å². The average Bonchev–Trinajstić information content (AvgIpc) is 2.75. The van der Waals surface area contributed by atoms with Crippen molar-refractivity contribution in [3.8, 4) is 0 Å². The second-order valence-corrected chi connectivity index (χ2v) is 3.82. The van der Waals surface area contributed by atoms with Crippen LogP contribution in [0.15, 0.2) is 16.5 Å². The molecule has 1 atom stereocenters. The number of hydrogen-bond donors (Lipinski definition) is 1. The minimum Gasteiger partial charge on any atom is -0.464 e. The molecule has 0 saturated heterocycles. The second-order valence-electron chi connectivity index (χ2n) is 3.82. The summed E-state index contributed by atoms with van der Waals surface area (Å²) in [5, 5.41) is 10.4. The third-order valence-corrected chi connectivity index (χ3v) is 2.53. The Morgan fingerprint density at radius 3 is 2.69 bits per heavy atom. The van der Waals surface area contributed by atoms with Gasteiger partial charge in [0.2, 0.25) is 5.91 Å². The van der Waals surface area contributed by atoms with E-state index in [0.29, 0.717) is 12.2 Å². The van der Waals surface area contributed by atoms with E-state index in [9.17, 15) is 10.0 Å². The van der Waals surface area contributed by atoms with E-state index in [1.165, 1.54) is 0 Å². The Morgan fingerprint density at radius 1 is 1.50 bits per heavy atom. The summed E-state index contributed by atoms with van der Waals surface area (Å²) >= 11 is 0. The van der Waals surface area contributed by atoms with Gasteiger partial charge in [0, 0.05) is 12.8 Å². The van der Waals surface area contributed by atoms with Crippen LogP contribution in [0.2, 0.25) is 0 Å². The van der Waals surface area contributed by atoms with E-state index in [0.717, 1.165) is 23.7 Å². The number of carbonyl (C=O) groups is 1. The van der Waals surface area contributed by atoms with Crippen LogP contribution in [0.5, 0.6) is 0 Å². The number of nitrogens with zero attached hydrogens (tertiary/aromatic N) is 1. The number of amides is 1. The third kappa shape index (κ3) is 2.85. The SMILES string of the molecule is CCCC(=O)N(O)C(C)c1ccc(CC)o1. The zero-order valence-electron chi connectivity index (χ0n) is 10.1. The highest BCUT2D eigenvalue weighted by atomic mass is 16.5. The van der Waals surface area contributed by atoms with Crippen LogP contribution in [0.4, 0.5) is 0 Å². The first kappa shape index (κ1) is 12.8. The fraction of sp³-hybridized carbons (Fsp3) is 0.583. The Hall–Kier alpha value is -1.29. The van der Waals surface area contributed by atoms with Crippen LogP contribution in [0.25, 0.3) is 0 Å². The summed E-state index contributed by atoms with van der Waals surface area (Å²) in [6.07, 6.45) is 1.88. The lowest BCUT2D eigenvalue weighted by Crippen LogP contribution is -2.29. The van der Waals surface area contributed by atoms with Gasteiger partial charge in [-0.1, -0.05) is 13.8 Å². The fourth-order valence-electron chi connectivity index (χ4n) is 1.47. The maximum absolute atomic E-state index is 11.5. The minimum absolute atomic E-state index is 0.274. The second kappa shape index (κ2) is 5.70. The molecule has 16 heavy (non-hydrogen) atoms. The number of carbonyl (C=O) groups excluding carboxylic acids is 1. The van der Waals surface area contributed by atoms with Crippen LogP contribution >= 0.6 is 0 Å². The third-order valence-electron chi connectivity index (χ3n) is 2.53. The van der Waals surface area contributed by atoms with Gasteiger partial charge >= 0.3 is 0 Å². The molecule has 0 saturated carbocycles. The molecule has 1 amide bonds. The van der Waals surface area contributed by atoms with E-state index < -0.39 is 6.04 Å². The summed E-state index contributed by atoms with van der Waals surface area (Å²) < 4.78 is 5.49. The summed E-state index contributed by atoms with van der Waals surface area (Å²) in [5.41, 5.74) is 0.